The van der Waals surface area contributed by atoms with Gasteiger partial charge in [-0.25, -0.2) is 9.97 Å². The summed E-state index contributed by atoms with van der Waals surface area (Å²) in [6, 6.07) is 17.5. The Labute approximate surface area is 171 Å². The molecule has 1 saturated heterocycles. The molecular weight excluding hydrogens is 362 g/mol. The summed E-state index contributed by atoms with van der Waals surface area (Å²) in [5.41, 5.74) is 4.27. The SMILES string of the molecule is Cc1cccc(NC(=O)c2ccnc(Nc3ccc(N4CCCCC4)cc3)n2)c1. The van der Waals surface area contributed by atoms with Crippen LogP contribution < -0.4 is 15.5 Å². The summed E-state index contributed by atoms with van der Waals surface area (Å²) in [5, 5.41) is 6.05. The summed E-state index contributed by atoms with van der Waals surface area (Å²) < 4.78 is 0. The van der Waals surface area contributed by atoms with E-state index < -0.39 is 0 Å². The molecule has 6 heteroatoms. The van der Waals surface area contributed by atoms with Crippen molar-refractivity contribution in [2.24, 2.45) is 0 Å². The third-order valence-electron chi connectivity index (χ3n) is 5.01. The molecule has 29 heavy (non-hydrogen) atoms. The summed E-state index contributed by atoms with van der Waals surface area (Å²) in [6.45, 7) is 4.22. The zero-order valence-corrected chi connectivity index (χ0v) is 16.6. The first-order valence-corrected chi connectivity index (χ1v) is 10.0. The highest BCUT2D eigenvalue weighted by Gasteiger charge is 2.12. The Bertz CT molecular complexity index is 981. The largest absolute Gasteiger partial charge is 0.372 e. The topological polar surface area (TPSA) is 70.2 Å². The Morgan fingerprint density at radius 2 is 1.76 bits per heavy atom. The van der Waals surface area contributed by atoms with E-state index in [0.29, 0.717) is 11.6 Å². The van der Waals surface area contributed by atoms with Crippen molar-refractivity contribution >= 4 is 28.9 Å². The van der Waals surface area contributed by atoms with Gasteiger partial charge in [-0.2, -0.15) is 0 Å². The lowest BCUT2D eigenvalue weighted by Gasteiger charge is -2.28. The normalized spacial score (nSPS) is 13.8. The van der Waals surface area contributed by atoms with Crippen molar-refractivity contribution in [1.82, 2.24) is 9.97 Å². The van der Waals surface area contributed by atoms with Crippen LogP contribution >= 0.6 is 0 Å². The number of nitrogens with one attached hydrogen (secondary N) is 2. The van der Waals surface area contributed by atoms with E-state index in [1.54, 1.807) is 12.3 Å². The van der Waals surface area contributed by atoms with Crippen molar-refractivity contribution in [2.75, 3.05) is 28.6 Å². The van der Waals surface area contributed by atoms with E-state index in [1.165, 1.54) is 24.9 Å². The van der Waals surface area contributed by atoms with Crippen molar-refractivity contribution in [1.29, 1.82) is 0 Å². The molecule has 6 nitrogen and oxygen atoms in total. The van der Waals surface area contributed by atoms with Crippen LogP contribution in [0, 0.1) is 6.92 Å². The van der Waals surface area contributed by atoms with Crippen LogP contribution in [0.1, 0.15) is 35.3 Å². The van der Waals surface area contributed by atoms with E-state index in [1.807, 2.05) is 43.3 Å². The lowest BCUT2D eigenvalue weighted by molar-refractivity contribution is 0.102. The standard InChI is InChI=1S/C23H25N5O/c1-17-6-5-7-19(16-17)25-22(29)21-12-13-24-23(27-21)26-18-8-10-20(11-9-18)28-14-3-2-4-15-28/h5-13,16H,2-4,14-15H2,1H3,(H,25,29)(H,24,26,27). The summed E-state index contributed by atoms with van der Waals surface area (Å²) in [5.74, 6) is 0.133. The molecular formula is C23H25N5O. The Morgan fingerprint density at radius 3 is 2.52 bits per heavy atom. The summed E-state index contributed by atoms with van der Waals surface area (Å²) in [4.78, 5) is 23.5. The van der Waals surface area contributed by atoms with Crippen LogP contribution in [0.3, 0.4) is 0 Å². The number of anilines is 4. The number of nitrogens with zero attached hydrogens (tertiary/aromatic N) is 3. The van der Waals surface area contributed by atoms with Crippen molar-refractivity contribution < 1.29 is 4.79 Å². The zero-order chi connectivity index (χ0) is 20.1. The highest BCUT2D eigenvalue weighted by molar-refractivity contribution is 6.03. The molecule has 1 fully saturated rings. The van der Waals surface area contributed by atoms with Crippen LogP contribution in [0.4, 0.5) is 23.0 Å². The fourth-order valence-corrected chi connectivity index (χ4v) is 3.50. The molecule has 2 aromatic carbocycles. The van der Waals surface area contributed by atoms with E-state index in [0.717, 1.165) is 30.0 Å². The summed E-state index contributed by atoms with van der Waals surface area (Å²) in [7, 11) is 0. The quantitative estimate of drug-likeness (QED) is 0.660. The van der Waals surface area contributed by atoms with Gasteiger partial charge in [-0.3, -0.25) is 4.79 Å². The van der Waals surface area contributed by atoms with Gasteiger partial charge in [0.05, 0.1) is 0 Å². The second-order valence-electron chi connectivity index (χ2n) is 7.31. The number of carbonyl (C=O) groups is 1. The van der Waals surface area contributed by atoms with Crippen LogP contribution in [0.5, 0.6) is 0 Å². The van der Waals surface area contributed by atoms with E-state index >= 15 is 0 Å². The van der Waals surface area contributed by atoms with Gasteiger partial charge in [-0.05, 0) is 74.2 Å². The first-order chi connectivity index (χ1) is 14.2. The van der Waals surface area contributed by atoms with Gasteiger partial charge in [-0.1, -0.05) is 12.1 Å². The van der Waals surface area contributed by atoms with Crippen LogP contribution in [0.25, 0.3) is 0 Å². The molecule has 2 heterocycles. The number of hydrogen-bond acceptors (Lipinski definition) is 5. The number of aryl methyl sites for hydroxylation is 1. The van der Waals surface area contributed by atoms with Crippen LogP contribution in [0.2, 0.25) is 0 Å². The highest BCUT2D eigenvalue weighted by atomic mass is 16.1. The van der Waals surface area contributed by atoms with Crippen LogP contribution in [-0.2, 0) is 0 Å². The van der Waals surface area contributed by atoms with Crippen molar-refractivity contribution in [3.63, 3.8) is 0 Å². The van der Waals surface area contributed by atoms with E-state index in [-0.39, 0.29) is 5.91 Å². The monoisotopic (exact) mass is 387 g/mol. The molecule has 1 aromatic heterocycles. The molecule has 1 aliphatic heterocycles. The molecule has 0 bridgehead atoms. The number of benzene rings is 2. The molecule has 1 amide bonds. The second kappa shape index (κ2) is 8.73. The average Bonchev–Trinajstić information content (AvgIpc) is 2.75. The van der Waals surface area contributed by atoms with E-state index in [9.17, 15) is 4.79 Å². The highest BCUT2D eigenvalue weighted by Crippen LogP contribution is 2.23. The van der Waals surface area contributed by atoms with Gasteiger partial charge in [0.2, 0.25) is 5.95 Å². The smallest absolute Gasteiger partial charge is 0.274 e. The maximum Gasteiger partial charge on any atom is 0.274 e. The average molecular weight is 387 g/mol. The lowest BCUT2D eigenvalue weighted by Crippen LogP contribution is -2.29. The predicted molar refractivity (Wildman–Crippen MR) is 117 cm³/mol. The molecule has 148 valence electrons. The van der Waals surface area contributed by atoms with Crippen LogP contribution in [0.15, 0.2) is 60.8 Å². The molecule has 0 unspecified atom stereocenters. The van der Waals surface area contributed by atoms with Gasteiger partial charge in [0.25, 0.3) is 5.91 Å². The maximum absolute atomic E-state index is 12.5. The van der Waals surface area contributed by atoms with Crippen molar-refractivity contribution in [3.05, 3.63) is 72.1 Å². The minimum atomic E-state index is -0.263. The molecule has 0 aliphatic carbocycles. The summed E-state index contributed by atoms with van der Waals surface area (Å²) in [6.07, 6.45) is 5.42. The number of rotatable bonds is 5. The molecule has 3 aromatic rings. The third-order valence-corrected chi connectivity index (χ3v) is 5.01. The van der Waals surface area contributed by atoms with Gasteiger partial charge >= 0.3 is 0 Å². The predicted octanol–water partition coefficient (Wildman–Crippen LogP) is 4.77. The number of hydrogen-bond donors (Lipinski definition) is 2. The Morgan fingerprint density at radius 1 is 0.966 bits per heavy atom. The molecule has 2 N–H and O–H groups in total. The van der Waals surface area contributed by atoms with E-state index in [2.05, 4.69) is 37.6 Å². The first kappa shape index (κ1) is 18.9. The van der Waals surface area contributed by atoms with Gasteiger partial charge in [0.1, 0.15) is 5.69 Å². The van der Waals surface area contributed by atoms with Gasteiger partial charge in [0.15, 0.2) is 0 Å². The molecule has 0 radical (unpaired) electrons. The Kier molecular flexibility index (Phi) is 5.70. The zero-order valence-electron chi connectivity index (χ0n) is 16.6. The fourth-order valence-electron chi connectivity index (χ4n) is 3.50. The number of amides is 1. The van der Waals surface area contributed by atoms with Gasteiger partial charge < -0.3 is 15.5 Å². The lowest BCUT2D eigenvalue weighted by atomic mass is 10.1. The van der Waals surface area contributed by atoms with Gasteiger partial charge in [-0.15, -0.1) is 0 Å². The van der Waals surface area contributed by atoms with Crippen molar-refractivity contribution in [2.45, 2.75) is 26.2 Å². The maximum atomic E-state index is 12.5. The molecule has 0 atom stereocenters. The molecule has 1 aliphatic rings. The Hall–Kier alpha value is -3.41. The minimum absolute atomic E-state index is 0.263. The van der Waals surface area contributed by atoms with Crippen molar-refractivity contribution in [3.8, 4) is 0 Å². The minimum Gasteiger partial charge on any atom is -0.372 e. The third kappa shape index (κ3) is 4.90. The molecule has 0 spiro atoms. The second-order valence-corrected chi connectivity index (χ2v) is 7.31. The van der Waals surface area contributed by atoms with Gasteiger partial charge in [0, 0.05) is 36.3 Å². The molecule has 0 saturated carbocycles. The first-order valence-electron chi connectivity index (χ1n) is 10.0. The number of carbonyl (C=O) groups excluding carboxylic acids is 1. The molecule has 4 rings (SSSR count). The van der Waals surface area contributed by atoms with Crippen LogP contribution in [-0.4, -0.2) is 29.0 Å². The Balaban J connectivity index is 1.42. The summed E-state index contributed by atoms with van der Waals surface area (Å²) >= 11 is 0. The van der Waals surface area contributed by atoms with E-state index in [4.69, 9.17) is 0 Å². The number of aromatic nitrogens is 2. The fraction of sp³-hybridized carbons (Fsp3) is 0.261. The number of piperidine rings is 1.